The molecule has 0 radical (unpaired) electrons. The second-order valence-corrected chi connectivity index (χ2v) is 11.6. The van der Waals surface area contributed by atoms with E-state index in [9.17, 15) is 48.9 Å². The molecule has 0 aliphatic carbocycles. The summed E-state index contributed by atoms with van der Waals surface area (Å²) in [5.41, 5.74) is 4.52. The second kappa shape index (κ2) is 11.5. The van der Waals surface area contributed by atoms with Crippen molar-refractivity contribution in [2.75, 3.05) is 12.3 Å². The lowest BCUT2D eigenvalue weighted by molar-refractivity contribution is -0.286. The van der Waals surface area contributed by atoms with Crippen LogP contribution in [0.2, 0.25) is 0 Å². The van der Waals surface area contributed by atoms with Gasteiger partial charge in [-0.3, -0.25) is 32.8 Å². The maximum absolute atomic E-state index is 12.2. The Bertz CT molecular complexity index is 1390. The number of carbonyl (C=O) groups is 1. The number of anilines is 1. The topological polar surface area (TPSA) is 326 Å². The van der Waals surface area contributed by atoms with E-state index in [1.807, 2.05) is 0 Å². The number of phosphoric ester groups is 2. The Labute approximate surface area is 222 Å². The molecular formula is C17H24N6O15P2-2. The van der Waals surface area contributed by atoms with Gasteiger partial charge >= 0.3 is 0 Å². The smallest absolute Gasteiger partial charge is 0.280 e. The number of hydrogen-bond acceptors (Lipinski definition) is 18. The molecule has 2 unspecified atom stereocenters. The van der Waals surface area contributed by atoms with E-state index in [1.54, 1.807) is 0 Å². The largest absolute Gasteiger partial charge is 0.756 e. The number of aromatic nitrogens is 4. The molecule has 1 amide bonds. The third-order valence-electron chi connectivity index (χ3n) is 6.00. The molecule has 21 nitrogen and oxygen atoms in total. The van der Waals surface area contributed by atoms with E-state index >= 15 is 0 Å². The molecule has 0 saturated carbocycles. The van der Waals surface area contributed by atoms with E-state index in [-0.39, 0.29) is 23.5 Å². The number of amides is 1. The quantitative estimate of drug-likeness (QED) is 0.0971. The van der Waals surface area contributed by atoms with Crippen molar-refractivity contribution in [1.29, 1.82) is 0 Å². The molecule has 0 bridgehead atoms. The van der Waals surface area contributed by atoms with Crippen molar-refractivity contribution in [3.05, 3.63) is 16.7 Å². The van der Waals surface area contributed by atoms with Gasteiger partial charge in [0.15, 0.2) is 23.7 Å². The number of nitrogens with two attached hydrogens (primary N) is 1. The highest BCUT2D eigenvalue weighted by Gasteiger charge is 2.46. The lowest BCUT2D eigenvalue weighted by atomic mass is 9.97. The summed E-state index contributed by atoms with van der Waals surface area (Å²) in [6, 6.07) is -1.14. The van der Waals surface area contributed by atoms with Crippen LogP contribution >= 0.6 is 15.6 Å². The highest BCUT2D eigenvalue weighted by molar-refractivity contribution is 7.59. The number of nitrogens with zero attached hydrogens (tertiary/aromatic N) is 3. The van der Waals surface area contributed by atoms with Crippen molar-refractivity contribution in [3.63, 3.8) is 0 Å². The number of imidazole rings is 1. The summed E-state index contributed by atoms with van der Waals surface area (Å²) >= 11 is 0. The molecule has 40 heavy (non-hydrogen) atoms. The predicted molar refractivity (Wildman–Crippen MR) is 121 cm³/mol. The summed E-state index contributed by atoms with van der Waals surface area (Å²) in [6.45, 7) is 0.241. The van der Waals surface area contributed by atoms with Gasteiger partial charge in [0.2, 0.25) is 12.4 Å². The monoisotopic (exact) mass is 614 g/mol. The Hall–Kier alpha value is -2.36. The maximum atomic E-state index is 12.2. The lowest BCUT2D eigenvalue weighted by Gasteiger charge is -2.43. The minimum Gasteiger partial charge on any atom is -0.756 e. The van der Waals surface area contributed by atoms with Gasteiger partial charge in [-0.2, -0.15) is 4.98 Å². The van der Waals surface area contributed by atoms with Gasteiger partial charge in [0.05, 0.1) is 25.1 Å². The third-order valence-corrected chi connectivity index (χ3v) is 8.53. The number of nitrogen functional groups attached to an aromatic ring is 1. The number of hydrogen-bond donors (Lipinski definition) is 7. The Balaban J connectivity index is 1.38. The molecule has 2 aliphatic heterocycles. The Morgan fingerprint density at radius 2 is 1.88 bits per heavy atom. The van der Waals surface area contributed by atoms with Crippen molar-refractivity contribution in [1.82, 2.24) is 24.8 Å². The standard InChI is InChI=1S/C17H26N6O15P2/c1-5-7(20-4-24)10(26)12(28)16(35-5)37-40(32,33)38-39(30,31)34-2-6-9(25)11(27)15(36-6)23-3-19-8-13(23)21-17(18)22-14(8)29/h3-7,9-12,15-16,25-28H,2H2,1H3,(H,20,24)(H,30,31)(H,32,33)(H3,18,21,22,29)/p-2/t5-,6-,7-,9-,10+,11-,12+,15-,16-/m1/s1. The molecule has 4 rings (SSSR count). The minimum absolute atomic E-state index is 0.124. The van der Waals surface area contributed by atoms with Gasteiger partial charge < -0.3 is 55.3 Å². The summed E-state index contributed by atoms with van der Waals surface area (Å²) in [7, 11) is -11.6. The lowest BCUT2D eigenvalue weighted by Crippen LogP contribution is -2.62. The van der Waals surface area contributed by atoms with Crippen LogP contribution in [0.5, 0.6) is 0 Å². The number of ether oxygens (including phenoxy) is 2. The van der Waals surface area contributed by atoms with E-state index in [2.05, 4.69) is 33.6 Å². The minimum atomic E-state index is -5.84. The highest BCUT2D eigenvalue weighted by atomic mass is 31.3. The van der Waals surface area contributed by atoms with Gasteiger partial charge in [0.25, 0.3) is 21.2 Å². The highest BCUT2D eigenvalue weighted by Crippen LogP contribution is 2.57. The molecule has 2 aliphatic rings. The molecule has 0 aromatic carbocycles. The van der Waals surface area contributed by atoms with Crippen LogP contribution in [-0.2, 0) is 36.8 Å². The van der Waals surface area contributed by atoms with E-state index in [1.165, 1.54) is 6.92 Å². The summed E-state index contributed by atoms with van der Waals surface area (Å²) in [5.74, 6) is -0.284. The van der Waals surface area contributed by atoms with Gasteiger partial charge in [-0.25, -0.2) is 9.29 Å². The molecule has 2 aromatic heterocycles. The van der Waals surface area contributed by atoms with Crippen LogP contribution in [0.3, 0.4) is 0 Å². The SMILES string of the molecule is C[C@H]1O[C@H](OP(=O)([O-])OP(=O)([O-])OC[C@H]2O[C@@H](n3cnc4c(=O)[nH]c(N)nc43)[C@H](O)[C@@H]2O)[C@@H](O)[C@@H](O)[C@@H]1NC=O. The number of fused-ring (bicyclic) bond motifs is 1. The summed E-state index contributed by atoms with van der Waals surface area (Å²) < 4.78 is 48.8. The average Bonchev–Trinajstić information content (AvgIpc) is 3.39. The van der Waals surface area contributed by atoms with Crippen molar-refractivity contribution >= 4 is 39.2 Å². The molecule has 11 atom stereocenters. The number of aromatic amines is 1. The van der Waals surface area contributed by atoms with Crippen LogP contribution in [0.25, 0.3) is 11.2 Å². The number of H-pyrrole nitrogens is 1. The summed E-state index contributed by atoms with van der Waals surface area (Å²) in [5, 5.41) is 43.0. The zero-order valence-electron chi connectivity index (χ0n) is 20.2. The second-order valence-electron chi connectivity index (χ2n) is 8.70. The first-order valence-corrected chi connectivity index (χ1v) is 14.2. The Morgan fingerprint density at radius 1 is 1.18 bits per heavy atom. The molecule has 2 saturated heterocycles. The first kappa shape index (κ1) is 30.6. The Kier molecular flexibility index (Phi) is 8.79. The predicted octanol–water partition coefficient (Wildman–Crippen LogP) is -5.11. The fourth-order valence-electron chi connectivity index (χ4n) is 4.11. The number of aliphatic hydroxyl groups is 4. The van der Waals surface area contributed by atoms with Crippen LogP contribution in [0.1, 0.15) is 13.2 Å². The van der Waals surface area contributed by atoms with E-state index in [4.69, 9.17) is 15.2 Å². The number of carbonyl (C=O) groups excluding carboxylic acids is 1. The van der Waals surface area contributed by atoms with Crippen LogP contribution in [-0.4, -0.2) is 102 Å². The zero-order chi connectivity index (χ0) is 29.6. The van der Waals surface area contributed by atoms with E-state index in [0.717, 1.165) is 10.9 Å². The molecule has 4 heterocycles. The van der Waals surface area contributed by atoms with Crippen molar-refractivity contribution < 1.29 is 67.0 Å². The van der Waals surface area contributed by atoms with Crippen LogP contribution in [0, 0.1) is 0 Å². The Morgan fingerprint density at radius 3 is 2.55 bits per heavy atom. The van der Waals surface area contributed by atoms with Gasteiger partial charge in [-0.05, 0) is 6.92 Å². The number of phosphoric acid groups is 2. The van der Waals surface area contributed by atoms with Gasteiger partial charge in [0.1, 0.15) is 30.5 Å². The maximum Gasteiger partial charge on any atom is 0.280 e. The fourth-order valence-corrected chi connectivity index (χ4v) is 6.19. The van der Waals surface area contributed by atoms with Crippen molar-refractivity contribution in [2.45, 2.75) is 62.1 Å². The van der Waals surface area contributed by atoms with Crippen LogP contribution in [0.4, 0.5) is 5.95 Å². The molecule has 23 heteroatoms. The number of rotatable bonds is 10. The fraction of sp³-hybridized carbons (Fsp3) is 0.647. The van der Waals surface area contributed by atoms with E-state index < -0.39 is 83.0 Å². The van der Waals surface area contributed by atoms with Crippen LogP contribution < -0.4 is 26.4 Å². The molecule has 0 spiro atoms. The summed E-state index contributed by atoms with van der Waals surface area (Å²) in [4.78, 5) is 56.9. The zero-order valence-corrected chi connectivity index (χ0v) is 21.9. The van der Waals surface area contributed by atoms with Gasteiger partial charge in [-0.1, -0.05) is 0 Å². The average molecular weight is 614 g/mol. The normalized spacial score (nSPS) is 35.7. The molecule has 224 valence electrons. The number of aliphatic hydroxyl groups excluding tert-OH is 4. The molecule has 2 fully saturated rings. The summed E-state index contributed by atoms with van der Waals surface area (Å²) in [6.07, 6.45) is -12.3. The van der Waals surface area contributed by atoms with Crippen LogP contribution in [0.15, 0.2) is 11.1 Å². The molecular weight excluding hydrogens is 590 g/mol. The molecule has 2 aromatic rings. The van der Waals surface area contributed by atoms with Crippen molar-refractivity contribution in [3.8, 4) is 0 Å². The van der Waals surface area contributed by atoms with E-state index in [0.29, 0.717) is 0 Å². The molecule has 8 N–H and O–H groups in total. The third kappa shape index (κ3) is 6.26. The first-order chi connectivity index (χ1) is 18.6. The van der Waals surface area contributed by atoms with Gasteiger partial charge in [-0.15, -0.1) is 0 Å². The van der Waals surface area contributed by atoms with Crippen molar-refractivity contribution in [2.24, 2.45) is 0 Å². The van der Waals surface area contributed by atoms with Gasteiger partial charge in [0, 0.05) is 0 Å². The number of nitrogens with one attached hydrogen (secondary N) is 2. The first-order valence-electron chi connectivity index (χ1n) is 11.3.